The molecule has 0 spiro atoms. The summed E-state index contributed by atoms with van der Waals surface area (Å²) in [4.78, 5) is 10.6. The van der Waals surface area contributed by atoms with Gasteiger partial charge in [-0.2, -0.15) is 148 Å². The van der Waals surface area contributed by atoms with Gasteiger partial charge in [-0.05, 0) is 48.5 Å². The Morgan fingerprint density at radius 1 is 0.532 bits per heavy atom. The zero-order valence-corrected chi connectivity index (χ0v) is 60.8. The quantitative estimate of drug-likeness (QED) is 0.140. The normalized spacial score (nSPS) is 16.1. The number of nitrogens with one attached hydrogen (secondary N) is 1. The van der Waals surface area contributed by atoms with Crippen LogP contribution in [0.25, 0.3) is 11.1 Å². The van der Waals surface area contributed by atoms with Crippen LogP contribution in [-0.2, 0) is 52.4 Å². The van der Waals surface area contributed by atoms with Crippen LogP contribution in [0.1, 0.15) is 104 Å². The van der Waals surface area contributed by atoms with Crippen molar-refractivity contribution >= 4 is 77.5 Å². The monoisotopic (exact) mass is 1400 g/mol. The third kappa shape index (κ3) is 31.4. The molecular formula is C69H88Br2N2S2Si2Zr2. The van der Waals surface area contributed by atoms with Crippen LogP contribution in [0.5, 0.6) is 0 Å². The van der Waals surface area contributed by atoms with Gasteiger partial charge in [-0.3, -0.25) is 0 Å². The van der Waals surface area contributed by atoms with Crippen molar-refractivity contribution in [3.63, 3.8) is 0 Å². The van der Waals surface area contributed by atoms with Gasteiger partial charge >= 0.3 is 52.4 Å². The molecule has 79 heavy (non-hydrogen) atoms. The third-order valence-corrected chi connectivity index (χ3v) is 24.0. The van der Waals surface area contributed by atoms with Gasteiger partial charge in [0.2, 0.25) is 0 Å². The largest absolute Gasteiger partial charge is 4.00 e. The Kier molecular flexibility index (Phi) is 37.4. The van der Waals surface area contributed by atoms with Gasteiger partial charge in [-0.25, -0.2) is 0 Å². The van der Waals surface area contributed by atoms with Crippen LogP contribution < -0.4 is 4.98 Å². The number of thiophene rings is 1. The van der Waals surface area contributed by atoms with Crippen LogP contribution in [0.2, 0.25) is 31.7 Å². The molecule has 4 atom stereocenters. The van der Waals surface area contributed by atoms with E-state index in [1.165, 1.54) is 32.2 Å². The Morgan fingerprint density at radius 3 is 1.14 bits per heavy atom. The second kappa shape index (κ2) is 38.8. The van der Waals surface area contributed by atoms with E-state index < -0.39 is 16.5 Å². The maximum Gasteiger partial charge on any atom is 4.00 e. The van der Waals surface area contributed by atoms with Crippen molar-refractivity contribution in [1.29, 1.82) is 0 Å². The Labute approximate surface area is 548 Å². The molecule has 3 aliphatic rings. The summed E-state index contributed by atoms with van der Waals surface area (Å²) in [6.07, 6.45) is 7.40. The molecule has 2 heterocycles. The van der Waals surface area contributed by atoms with E-state index in [2.05, 4.69) is 169 Å². The SMILES string of the molecule is CC(C)(C)N[Si](C)(C)C1C=Cc2c(Br)csc21.CC(C)(C)[N-][Si](C)(C)C1CCC2C(Br)=CSC21.[CH2-]c1ccccc1.[CH2-]c1ccccc1.[CH2-]c1ccccc1.[CH2-]c1ccccc1.[CH2-]c1ccccc1.[CH2-]c1ccccc1.[CH3-].[Zr+4].[Zr+4]. The van der Waals surface area contributed by atoms with Crippen LogP contribution in [0.4, 0.5) is 0 Å². The van der Waals surface area contributed by atoms with Gasteiger partial charge in [0.1, 0.15) is 8.24 Å². The van der Waals surface area contributed by atoms with Crippen LogP contribution in [0.15, 0.2) is 208 Å². The fourth-order valence-electron chi connectivity index (χ4n) is 8.91. The number of hydrogen-bond donors (Lipinski definition) is 1. The van der Waals surface area contributed by atoms with Gasteiger partial charge < -0.3 is 17.4 Å². The van der Waals surface area contributed by atoms with E-state index in [4.69, 9.17) is 4.98 Å². The van der Waals surface area contributed by atoms with Crippen molar-refractivity contribution in [1.82, 2.24) is 4.98 Å². The molecule has 7 aromatic rings. The Hall–Kier alpha value is -2.85. The number of halogens is 2. The van der Waals surface area contributed by atoms with Gasteiger partial charge in [0.05, 0.1) is 0 Å². The maximum atomic E-state index is 5.20. The summed E-state index contributed by atoms with van der Waals surface area (Å²) in [5.74, 6) is 0.784. The number of hydrogen-bond acceptors (Lipinski definition) is 3. The van der Waals surface area contributed by atoms with Crippen LogP contribution >= 0.6 is 55.0 Å². The summed E-state index contributed by atoms with van der Waals surface area (Å²) >= 11 is 11.3. The van der Waals surface area contributed by atoms with Crippen molar-refractivity contribution in [3.8, 4) is 0 Å². The second-order valence-corrected chi connectivity index (χ2v) is 34.4. The van der Waals surface area contributed by atoms with Crippen molar-refractivity contribution < 1.29 is 52.4 Å². The van der Waals surface area contributed by atoms with Gasteiger partial charge in [0, 0.05) is 47.0 Å². The van der Waals surface area contributed by atoms with Crippen molar-refractivity contribution in [2.45, 2.75) is 108 Å². The fraction of sp³-hybridized carbons (Fsp3) is 0.261. The smallest absolute Gasteiger partial charge is 0.660 e. The average Bonchev–Trinajstić information content (AvgIpc) is 4.16. The third-order valence-electron chi connectivity index (χ3n) is 11.9. The number of rotatable bonds is 4. The first-order chi connectivity index (χ1) is 35.8. The Bertz CT molecular complexity index is 2400. The first kappa shape index (κ1) is 76.1. The summed E-state index contributed by atoms with van der Waals surface area (Å²) < 4.78 is 2.69. The topological polar surface area (TPSA) is 26.1 Å². The van der Waals surface area contributed by atoms with Crippen LogP contribution in [0.3, 0.4) is 0 Å². The molecule has 1 fully saturated rings. The molecule has 10 heteroatoms. The molecule has 2 aliphatic carbocycles. The van der Waals surface area contributed by atoms with E-state index in [1.807, 2.05) is 205 Å². The van der Waals surface area contributed by atoms with Crippen LogP contribution in [-0.4, -0.2) is 32.8 Å². The molecule has 0 amide bonds. The minimum Gasteiger partial charge on any atom is -0.660 e. The van der Waals surface area contributed by atoms with Crippen LogP contribution in [0, 0.1) is 54.9 Å². The number of allylic oxidation sites excluding steroid dienone is 2. The molecular weight excluding hydrogens is 1320 g/mol. The predicted octanol–water partition coefficient (Wildman–Crippen LogP) is 21.9. The number of benzene rings is 6. The average molecular weight is 1410 g/mol. The minimum atomic E-state index is -1.49. The molecule has 1 saturated carbocycles. The van der Waals surface area contributed by atoms with Crippen molar-refractivity contribution in [2.24, 2.45) is 5.92 Å². The first-order valence-electron chi connectivity index (χ1n) is 26.0. The zero-order valence-electron chi connectivity index (χ0n) is 49.1. The number of thioether (sulfide) groups is 1. The van der Waals surface area contributed by atoms with Gasteiger partial charge in [0.15, 0.2) is 0 Å². The molecule has 0 saturated heterocycles. The standard InChI is InChI=1S/C13H23BrNSSi.C13H20BrNSSi.6C7H7.CH3.2Zr/c2*1-13(2,3)15-17(4,5)11-7-6-9-10(14)8-16-12(9)11;6*1-7-5-3-2-4-6-7;;;/h8-9,11-12H,6-7H2,1-5H3;6-8,11,15H,1-5H3;6*2-6H,1H2;1H3;;/q-1;;7*-1;2*+4. The summed E-state index contributed by atoms with van der Waals surface area (Å²) in [7, 11) is -2.96. The van der Waals surface area contributed by atoms with E-state index in [1.54, 1.807) is 0 Å². The zero-order chi connectivity index (χ0) is 56.4. The molecule has 0 bridgehead atoms. The molecule has 1 aliphatic heterocycles. The number of fused-ring (bicyclic) bond motifs is 2. The summed E-state index contributed by atoms with van der Waals surface area (Å²) in [5, 5.41) is 5.34. The van der Waals surface area contributed by atoms with E-state index in [9.17, 15) is 0 Å². The molecule has 6 aromatic carbocycles. The Morgan fingerprint density at radius 2 is 0.861 bits per heavy atom. The molecule has 10 rings (SSSR count). The number of nitrogens with zero attached hydrogens (tertiary/aromatic N) is 1. The fourth-order valence-corrected chi connectivity index (χ4v) is 22.4. The molecule has 1 aromatic heterocycles. The minimum absolute atomic E-state index is 0. The molecule has 1 N–H and O–H groups in total. The van der Waals surface area contributed by atoms with E-state index >= 15 is 0 Å². The predicted molar refractivity (Wildman–Crippen MR) is 361 cm³/mol. The molecule has 0 radical (unpaired) electrons. The summed E-state index contributed by atoms with van der Waals surface area (Å²) in [6, 6.07) is 59.2. The summed E-state index contributed by atoms with van der Waals surface area (Å²) in [5.41, 5.74) is 9.61. The summed E-state index contributed by atoms with van der Waals surface area (Å²) in [6.45, 7) is 45.6. The molecule has 4 unspecified atom stereocenters. The van der Waals surface area contributed by atoms with Gasteiger partial charge in [-0.1, -0.05) is 132 Å². The second-order valence-electron chi connectivity index (χ2n) is 22.0. The van der Waals surface area contributed by atoms with E-state index in [-0.39, 0.29) is 70.9 Å². The molecule has 2 nitrogen and oxygen atoms in total. The Balaban J connectivity index is 0.000000908. The first-order valence-corrected chi connectivity index (χ1v) is 35.5. The van der Waals surface area contributed by atoms with Gasteiger partial charge in [-0.15, -0.1) is 101 Å². The van der Waals surface area contributed by atoms with Crippen molar-refractivity contribution in [3.05, 3.63) is 306 Å². The van der Waals surface area contributed by atoms with E-state index in [0.717, 1.165) is 50.1 Å². The van der Waals surface area contributed by atoms with Gasteiger partial charge in [0.25, 0.3) is 0 Å². The van der Waals surface area contributed by atoms with Crippen molar-refractivity contribution in [2.75, 3.05) is 0 Å². The molecule has 416 valence electrons. The maximum absolute atomic E-state index is 5.20. The van der Waals surface area contributed by atoms with E-state index in [0.29, 0.717) is 5.54 Å².